The SMILES string of the molecule is CC.CC1CC2C3CCC4C[CH-]CCC4(C)C3CCC2(C)C1N.[K+]. The molecule has 24 heavy (non-hydrogen) atoms. The van der Waals surface area contributed by atoms with Gasteiger partial charge in [0.25, 0.3) is 0 Å². The van der Waals surface area contributed by atoms with Crippen LogP contribution in [0, 0.1) is 46.8 Å². The third-order valence-corrected chi connectivity index (χ3v) is 8.84. The summed E-state index contributed by atoms with van der Waals surface area (Å²) in [4.78, 5) is 0. The van der Waals surface area contributed by atoms with E-state index in [2.05, 4.69) is 27.2 Å². The maximum atomic E-state index is 6.65. The van der Waals surface area contributed by atoms with Crippen molar-refractivity contribution in [2.24, 2.45) is 46.2 Å². The van der Waals surface area contributed by atoms with Gasteiger partial charge < -0.3 is 12.2 Å². The molecule has 0 spiro atoms. The summed E-state index contributed by atoms with van der Waals surface area (Å²) < 4.78 is 0. The zero-order valence-electron chi connectivity index (χ0n) is 17.3. The third-order valence-electron chi connectivity index (χ3n) is 8.84. The second-order valence-corrected chi connectivity index (χ2v) is 9.50. The van der Waals surface area contributed by atoms with Crippen molar-refractivity contribution in [3.63, 3.8) is 0 Å². The van der Waals surface area contributed by atoms with Gasteiger partial charge in [-0.2, -0.15) is 12.8 Å². The molecule has 8 atom stereocenters. The molecule has 2 N–H and O–H groups in total. The minimum atomic E-state index is 0. The zero-order valence-corrected chi connectivity index (χ0v) is 20.4. The molecule has 134 valence electrons. The molecule has 0 radical (unpaired) electrons. The Bertz CT molecular complexity index is 424. The average Bonchev–Trinajstić information content (AvgIpc) is 2.80. The van der Waals surface area contributed by atoms with E-state index in [1.165, 1.54) is 51.4 Å². The molecule has 1 nitrogen and oxygen atoms in total. The van der Waals surface area contributed by atoms with Crippen LogP contribution in [0.5, 0.6) is 0 Å². The van der Waals surface area contributed by atoms with E-state index < -0.39 is 0 Å². The van der Waals surface area contributed by atoms with Gasteiger partial charge in [0.05, 0.1) is 0 Å². The first-order chi connectivity index (χ1) is 11.0. The van der Waals surface area contributed by atoms with Crippen molar-refractivity contribution in [1.29, 1.82) is 0 Å². The summed E-state index contributed by atoms with van der Waals surface area (Å²) in [5.41, 5.74) is 7.75. The van der Waals surface area contributed by atoms with Crippen LogP contribution in [0.4, 0.5) is 0 Å². The Morgan fingerprint density at radius 1 is 0.958 bits per heavy atom. The Hall–Kier alpha value is 1.60. The number of hydrogen-bond donors (Lipinski definition) is 1. The summed E-state index contributed by atoms with van der Waals surface area (Å²) in [6.45, 7) is 11.6. The molecule has 0 saturated heterocycles. The summed E-state index contributed by atoms with van der Waals surface area (Å²) in [6, 6.07) is 0.452. The molecular weight excluding hydrogens is 317 g/mol. The van der Waals surface area contributed by atoms with E-state index in [-0.39, 0.29) is 51.4 Å². The molecule has 0 aromatic heterocycles. The third kappa shape index (κ3) is 3.28. The van der Waals surface area contributed by atoms with Gasteiger partial charge in [-0.15, -0.1) is 0 Å². The maximum absolute atomic E-state index is 6.65. The summed E-state index contributed by atoms with van der Waals surface area (Å²) in [5.74, 6) is 4.64. The number of fused-ring (bicyclic) bond motifs is 5. The molecule has 0 aromatic rings. The molecular formula is C22H40KN. The van der Waals surface area contributed by atoms with Crippen LogP contribution < -0.4 is 57.1 Å². The van der Waals surface area contributed by atoms with Crippen LogP contribution in [-0.2, 0) is 0 Å². The topological polar surface area (TPSA) is 26.0 Å². The van der Waals surface area contributed by atoms with E-state index in [4.69, 9.17) is 5.73 Å². The van der Waals surface area contributed by atoms with Gasteiger partial charge in [-0.25, -0.2) is 0 Å². The van der Waals surface area contributed by atoms with Gasteiger partial charge in [-0.05, 0) is 60.2 Å². The molecule has 0 aromatic carbocycles. The van der Waals surface area contributed by atoms with Crippen molar-refractivity contribution >= 4 is 0 Å². The summed E-state index contributed by atoms with van der Waals surface area (Å²) in [6.07, 6.45) is 14.1. The molecule has 4 rings (SSSR count). The molecule has 0 bridgehead atoms. The predicted octanol–water partition coefficient (Wildman–Crippen LogP) is 2.84. The zero-order chi connectivity index (χ0) is 16.8. The number of hydrogen-bond acceptors (Lipinski definition) is 1. The minimum absolute atomic E-state index is 0. The monoisotopic (exact) mass is 357 g/mol. The van der Waals surface area contributed by atoms with Crippen molar-refractivity contribution < 1.29 is 51.4 Å². The van der Waals surface area contributed by atoms with Crippen LogP contribution in [0.1, 0.15) is 86.0 Å². The van der Waals surface area contributed by atoms with Gasteiger partial charge in [0.1, 0.15) is 0 Å². The van der Waals surface area contributed by atoms with Crippen LogP contribution in [0.2, 0.25) is 0 Å². The van der Waals surface area contributed by atoms with E-state index in [1.807, 2.05) is 13.8 Å². The van der Waals surface area contributed by atoms with E-state index in [0.717, 1.165) is 29.6 Å². The van der Waals surface area contributed by atoms with Crippen LogP contribution in [0.3, 0.4) is 0 Å². The van der Waals surface area contributed by atoms with Crippen molar-refractivity contribution in [2.75, 3.05) is 0 Å². The normalized spacial score (nSPS) is 52.8. The molecule has 0 heterocycles. The second kappa shape index (κ2) is 8.31. The van der Waals surface area contributed by atoms with Gasteiger partial charge in [0.15, 0.2) is 0 Å². The van der Waals surface area contributed by atoms with Gasteiger partial charge in [0.2, 0.25) is 0 Å². The smallest absolute Gasteiger partial charge is 0.328 e. The first-order valence-corrected chi connectivity index (χ1v) is 10.5. The fraction of sp³-hybridized carbons (Fsp3) is 0.955. The van der Waals surface area contributed by atoms with E-state index >= 15 is 0 Å². The van der Waals surface area contributed by atoms with Crippen molar-refractivity contribution in [3.8, 4) is 0 Å². The van der Waals surface area contributed by atoms with E-state index in [1.54, 1.807) is 0 Å². The molecule has 8 unspecified atom stereocenters. The Balaban J connectivity index is 0.000000670. The Morgan fingerprint density at radius 3 is 2.38 bits per heavy atom. The van der Waals surface area contributed by atoms with Gasteiger partial charge >= 0.3 is 51.4 Å². The molecule has 4 saturated carbocycles. The number of rotatable bonds is 0. The quantitative estimate of drug-likeness (QED) is 0.523. The molecule has 4 aliphatic carbocycles. The molecule has 4 fully saturated rings. The maximum Gasteiger partial charge on any atom is 1.00 e. The second-order valence-electron chi connectivity index (χ2n) is 9.50. The first-order valence-electron chi connectivity index (χ1n) is 10.5. The molecule has 0 aliphatic heterocycles. The Labute approximate surface area is 194 Å². The van der Waals surface area contributed by atoms with Crippen molar-refractivity contribution in [2.45, 2.75) is 92.0 Å². The molecule has 0 amide bonds. The summed E-state index contributed by atoms with van der Waals surface area (Å²) in [7, 11) is 0. The van der Waals surface area contributed by atoms with Crippen LogP contribution in [0.25, 0.3) is 0 Å². The fourth-order valence-corrected chi connectivity index (χ4v) is 7.45. The fourth-order valence-electron chi connectivity index (χ4n) is 7.45. The summed E-state index contributed by atoms with van der Waals surface area (Å²) >= 11 is 0. The Kier molecular flexibility index (Phi) is 7.58. The number of nitrogens with two attached hydrogens (primary N) is 1. The van der Waals surface area contributed by atoms with Crippen LogP contribution in [-0.4, -0.2) is 6.04 Å². The van der Waals surface area contributed by atoms with Gasteiger partial charge in [-0.1, -0.05) is 53.4 Å². The predicted molar refractivity (Wildman–Crippen MR) is 99.9 cm³/mol. The van der Waals surface area contributed by atoms with E-state index in [0.29, 0.717) is 16.9 Å². The van der Waals surface area contributed by atoms with Gasteiger partial charge in [0, 0.05) is 6.04 Å². The molecule has 2 heteroatoms. The first kappa shape index (κ1) is 21.9. The largest absolute Gasteiger partial charge is 1.00 e. The minimum Gasteiger partial charge on any atom is -0.328 e. The Morgan fingerprint density at radius 2 is 1.67 bits per heavy atom. The van der Waals surface area contributed by atoms with Crippen LogP contribution >= 0.6 is 0 Å². The van der Waals surface area contributed by atoms with Crippen LogP contribution in [0.15, 0.2) is 0 Å². The van der Waals surface area contributed by atoms with Crippen molar-refractivity contribution in [3.05, 3.63) is 6.42 Å². The standard InChI is InChI=1S/C20H34N.C2H6.K/c1-13-12-17-15-8-7-14-6-4-5-10-19(14,2)16(15)9-11-20(17,3)18(13)21;1-2;/h4,13-18H,5-12,21H2,1-3H3;1-2H3;/q-1;;+1. The van der Waals surface area contributed by atoms with E-state index in [9.17, 15) is 0 Å². The molecule has 4 aliphatic rings. The average molecular weight is 358 g/mol. The van der Waals surface area contributed by atoms with Gasteiger partial charge in [-0.3, -0.25) is 0 Å². The van der Waals surface area contributed by atoms with Crippen molar-refractivity contribution in [1.82, 2.24) is 0 Å². The summed E-state index contributed by atoms with van der Waals surface area (Å²) in [5, 5.41) is 0.